The molecule has 0 aliphatic carbocycles. The molecule has 3 rings (SSSR count). The quantitative estimate of drug-likeness (QED) is 0.587. The monoisotopic (exact) mass is 405 g/mol. The highest BCUT2D eigenvalue weighted by molar-refractivity contribution is 6.05. The number of benzene rings is 2. The first-order valence-corrected chi connectivity index (χ1v) is 9.38. The van der Waals surface area contributed by atoms with Crippen molar-refractivity contribution in [2.75, 3.05) is 10.6 Å². The van der Waals surface area contributed by atoms with Crippen molar-refractivity contribution >= 4 is 23.4 Å². The zero-order valence-electron chi connectivity index (χ0n) is 17.0. The molecular formula is C23H23N3O4. The second kappa shape index (κ2) is 9.09. The maximum absolute atomic E-state index is 12.6. The van der Waals surface area contributed by atoms with Crippen molar-refractivity contribution in [1.82, 2.24) is 4.98 Å². The number of hydrogen-bond donors (Lipinski definition) is 2. The summed E-state index contributed by atoms with van der Waals surface area (Å²) in [6.07, 6.45) is 2.69. The normalized spacial score (nSPS) is 10.8. The minimum Gasteiger partial charge on any atom is -0.457 e. The van der Waals surface area contributed by atoms with Gasteiger partial charge in [-0.15, -0.1) is 0 Å². The van der Waals surface area contributed by atoms with Gasteiger partial charge in [-0.2, -0.15) is 0 Å². The van der Waals surface area contributed by atoms with E-state index in [9.17, 15) is 9.59 Å². The van der Waals surface area contributed by atoms with Crippen molar-refractivity contribution < 1.29 is 19.1 Å². The smallest absolute Gasteiger partial charge is 0.412 e. The Kier molecular flexibility index (Phi) is 6.32. The molecule has 0 radical (unpaired) electrons. The van der Waals surface area contributed by atoms with E-state index in [1.807, 2.05) is 0 Å². The Labute approximate surface area is 175 Å². The van der Waals surface area contributed by atoms with Crippen molar-refractivity contribution in [1.29, 1.82) is 0 Å². The molecule has 2 aromatic carbocycles. The Hall–Kier alpha value is -3.87. The Morgan fingerprint density at radius 2 is 1.50 bits per heavy atom. The average Bonchev–Trinajstić information content (AvgIpc) is 2.68. The van der Waals surface area contributed by atoms with Gasteiger partial charge in [0.05, 0.1) is 0 Å². The van der Waals surface area contributed by atoms with Gasteiger partial charge in [0.2, 0.25) is 0 Å². The molecule has 0 aliphatic heterocycles. The van der Waals surface area contributed by atoms with Crippen LogP contribution in [-0.2, 0) is 4.74 Å². The minimum atomic E-state index is -0.609. The molecule has 154 valence electrons. The van der Waals surface area contributed by atoms with Crippen LogP contribution in [0.15, 0.2) is 73.1 Å². The predicted octanol–water partition coefficient (Wildman–Crippen LogP) is 5.47. The number of rotatable bonds is 5. The van der Waals surface area contributed by atoms with Gasteiger partial charge < -0.3 is 14.8 Å². The molecule has 0 unspecified atom stereocenters. The number of hydrogen-bond acceptors (Lipinski definition) is 5. The molecule has 0 saturated carbocycles. The van der Waals surface area contributed by atoms with Gasteiger partial charge in [-0.3, -0.25) is 15.1 Å². The van der Waals surface area contributed by atoms with Gasteiger partial charge in [0.15, 0.2) is 0 Å². The number of carbonyl (C=O) groups is 2. The summed E-state index contributed by atoms with van der Waals surface area (Å²) >= 11 is 0. The second-order valence-corrected chi connectivity index (χ2v) is 7.47. The number of pyridine rings is 1. The molecule has 1 heterocycles. The highest BCUT2D eigenvalue weighted by Gasteiger charge is 2.16. The maximum Gasteiger partial charge on any atom is 0.412 e. The molecular weight excluding hydrogens is 382 g/mol. The lowest BCUT2D eigenvalue weighted by Crippen LogP contribution is -2.27. The summed E-state index contributed by atoms with van der Waals surface area (Å²) in [5.74, 6) is 0.914. The molecule has 0 bridgehead atoms. The fourth-order valence-electron chi connectivity index (χ4n) is 2.54. The highest BCUT2D eigenvalue weighted by Crippen LogP contribution is 2.24. The van der Waals surface area contributed by atoms with Crippen LogP contribution in [0.5, 0.6) is 11.5 Å². The fourth-order valence-corrected chi connectivity index (χ4v) is 2.54. The van der Waals surface area contributed by atoms with Crippen LogP contribution >= 0.6 is 0 Å². The van der Waals surface area contributed by atoms with Gasteiger partial charge in [-0.1, -0.05) is 12.1 Å². The average molecular weight is 405 g/mol. The summed E-state index contributed by atoms with van der Waals surface area (Å²) in [5, 5.41) is 5.46. The van der Waals surface area contributed by atoms with Crippen LogP contribution in [0.2, 0.25) is 0 Å². The lowest BCUT2D eigenvalue weighted by atomic mass is 10.2. The number of nitrogens with one attached hydrogen (secondary N) is 2. The van der Waals surface area contributed by atoms with E-state index in [0.717, 1.165) is 0 Å². The maximum atomic E-state index is 12.6. The molecule has 0 saturated heterocycles. The van der Waals surface area contributed by atoms with E-state index in [4.69, 9.17) is 9.47 Å². The lowest BCUT2D eigenvalue weighted by Gasteiger charge is -2.19. The zero-order chi connectivity index (χ0) is 21.6. The lowest BCUT2D eigenvalue weighted by molar-refractivity contribution is 0.0635. The Morgan fingerprint density at radius 1 is 0.833 bits per heavy atom. The summed E-state index contributed by atoms with van der Waals surface area (Å²) in [6.45, 7) is 5.34. The molecule has 1 aromatic heterocycles. The van der Waals surface area contributed by atoms with E-state index in [-0.39, 0.29) is 5.91 Å². The molecule has 2 N–H and O–H groups in total. The van der Waals surface area contributed by atoms with Crippen LogP contribution < -0.4 is 15.4 Å². The number of anilines is 2. The summed E-state index contributed by atoms with van der Waals surface area (Å²) in [5.41, 5.74) is 0.829. The van der Waals surface area contributed by atoms with Crippen molar-refractivity contribution in [3.8, 4) is 11.5 Å². The first-order valence-electron chi connectivity index (χ1n) is 9.38. The van der Waals surface area contributed by atoms with Gasteiger partial charge in [-0.05, 0) is 63.2 Å². The Bertz CT molecular complexity index is 1030. The first kappa shape index (κ1) is 20.9. The first-order chi connectivity index (χ1) is 14.3. The minimum absolute atomic E-state index is 0.316. The van der Waals surface area contributed by atoms with Gasteiger partial charge >= 0.3 is 6.09 Å². The van der Waals surface area contributed by atoms with Crippen LogP contribution in [0.25, 0.3) is 0 Å². The zero-order valence-corrected chi connectivity index (χ0v) is 17.0. The van der Waals surface area contributed by atoms with Gasteiger partial charge in [-0.25, -0.2) is 4.79 Å². The molecule has 2 amide bonds. The molecule has 7 heteroatoms. The molecule has 30 heavy (non-hydrogen) atoms. The molecule has 3 aromatic rings. The summed E-state index contributed by atoms with van der Waals surface area (Å²) in [4.78, 5) is 28.5. The van der Waals surface area contributed by atoms with Crippen molar-refractivity contribution in [2.24, 2.45) is 0 Å². The largest absolute Gasteiger partial charge is 0.457 e. The van der Waals surface area contributed by atoms with Crippen molar-refractivity contribution in [3.63, 3.8) is 0 Å². The number of amides is 2. The Morgan fingerprint density at radius 3 is 2.20 bits per heavy atom. The molecule has 0 atom stereocenters. The number of aromatic nitrogens is 1. The fraction of sp³-hybridized carbons (Fsp3) is 0.174. The molecule has 0 fully saturated rings. The van der Waals surface area contributed by atoms with E-state index in [1.165, 1.54) is 0 Å². The summed E-state index contributed by atoms with van der Waals surface area (Å²) in [7, 11) is 0. The Balaban J connectivity index is 1.66. The molecule has 0 spiro atoms. The number of ether oxygens (including phenoxy) is 2. The third kappa shape index (κ3) is 6.34. The third-order valence-electron chi connectivity index (χ3n) is 3.75. The second-order valence-electron chi connectivity index (χ2n) is 7.47. The van der Waals surface area contributed by atoms with Crippen LogP contribution in [-0.4, -0.2) is 22.6 Å². The third-order valence-corrected chi connectivity index (χ3v) is 3.75. The predicted molar refractivity (Wildman–Crippen MR) is 115 cm³/mol. The van der Waals surface area contributed by atoms with E-state index in [1.54, 1.807) is 93.8 Å². The topological polar surface area (TPSA) is 89.5 Å². The van der Waals surface area contributed by atoms with Crippen molar-refractivity contribution in [3.05, 3.63) is 78.6 Å². The van der Waals surface area contributed by atoms with Crippen LogP contribution in [0.1, 0.15) is 31.1 Å². The van der Waals surface area contributed by atoms with Crippen LogP contribution in [0.4, 0.5) is 16.2 Å². The van der Waals surface area contributed by atoms with E-state index < -0.39 is 11.7 Å². The van der Waals surface area contributed by atoms with Gasteiger partial charge in [0.1, 0.15) is 17.1 Å². The highest BCUT2D eigenvalue weighted by atomic mass is 16.6. The van der Waals surface area contributed by atoms with Crippen LogP contribution in [0.3, 0.4) is 0 Å². The van der Waals surface area contributed by atoms with E-state index >= 15 is 0 Å². The molecule has 7 nitrogen and oxygen atoms in total. The van der Waals surface area contributed by atoms with Gasteiger partial charge in [0, 0.05) is 35.4 Å². The van der Waals surface area contributed by atoms with E-state index in [2.05, 4.69) is 15.6 Å². The molecule has 0 aliphatic rings. The van der Waals surface area contributed by atoms with Gasteiger partial charge in [0.25, 0.3) is 5.91 Å². The number of carbonyl (C=O) groups excluding carboxylic acids is 2. The summed E-state index contributed by atoms with van der Waals surface area (Å²) < 4.78 is 11.0. The van der Waals surface area contributed by atoms with E-state index in [0.29, 0.717) is 28.4 Å². The SMILES string of the molecule is CC(C)(C)OC(=O)Nc1cccc(C(=O)Nc2cccc(Oc3ccncc3)c2)c1. The number of nitrogens with zero attached hydrogens (tertiary/aromatic N) is 1. The van der Waals surface area contributed by atoms with Crippen LogP contribution in [0, 0.1) is 0 Å². The summed E-state index contributed by atoms with van der Waals surface area (Å²) in [6, 6.07) is 17.2. The van der Waals surface area contributed by atoms with Crippen molar-refractivity contribution in [2.45, 2.75) is 26.4 Å². The standard InChI is InChI=1S/C23H23N3O4/c1-23(2,3)30-22(28)26-17-7-4-6-16(14-17)21(27)25-18-8-5-9-20(15-18)29-19-10-12-24-13-11-19/h4-15H,1-3H3,(H,25,27)(H,26,28).